The van der Waals surface area contributed by atoms with Crippen LogP contribution in [0.5, 0.6) is 0 Å². The molecule has 0 saturated heterocycles. The fourth-order valence-electron chi connectivity index (χ4n) is 3.19. The molecular weight excluding hydrogens is 350 g/mol. The van der Waals surface area contributed by atoms with Crippen LogP contribution in [0, 0.1) is 11.3 Å². The minimum absolute atomic E-state index is 0.0446. The number of anilines is 2. The van der Waals surface area contributed by atoms with Gasteiger partial charge in [0.15, 0.2) is 0 Å². The van der Waals surface area contributed by atoms with Gasteiger partial charge in [-0.1, -0.05) is 13.8 Å². The second kappa shape index (κ2) is 8.94. The molecule has 1 aliphatic carbocycles. The first-order valence-corrected chi connectivity index (χ1v) is 9.19. The fraction of sp³-hybridized carbons (Fsp3) is 0.706. The Bertz CT molecular complexity index is 660. The molecule has 1 fully saturated rings. The number of nitrogens with one attached hydrogen (secondary N) is 2. The van der Waals surface area contributed by atoms with E-state index in [1.54, 1.807) is 4.90 Å². The van der Waals surface area contributed by atoms with Gasteiger partial charge in [0.25, 0.3) is 0 Å². The van der Waals surface area contributed by atoms with Crippen molar-refractivity contribution in [3.8, 4) is 0 Å². The molecule has 1 heterocycles. The smallest absolute Gasteiger partial charge is 0.246 e. The number of aryl methyl sites for hydroxylation is 1. The predicted octanol–water partition coefficient (Wildman–Crippen LogP) is 0.987. The summed E-state index contributed by atoms with van der Waals surface area (Å²) < 4.78 is 0. The molecule has 0 unspecified atom stereocenters. The maximum Gasteiger partial charge on any atom is 0.246 e. The zero-order valence-electron chi connectivity index (χ0n) is 16.4. The fourth-order valence-corrected chi connectivity index (χ4v) is 3.19. The van der Waals surface area contributed by atoms with Gasteiger partial charge in [-0.15, -0.1) is 0 Å². The molecule has 0 aromatic carbocycles. The molecule has 1 aromatic rings. The van der Waals surface area contributed by atoms with Gasteiger partial charge in [0.2, 0.25) is 24.2 Å². The van der Waals surface area contributed by atoms with Gasteiger partial charge in [-0.3, -0.25) is 25.6 Å². The van der Waals surface area contributed by atoms with Crippen LogP contribution in [-0.2, 0) is 16.0 Å². The van der Waals surface area contributed by atoms with E-state index >= 15 is 0 Å². The quantitative estimate of drug-likeness (QED) is 0.347. The molecular formula is C17H29N7O3. The van der Waals surface area contributed by atoms with Gasteiger partial charge in [0.1, 0.15) is 5.82 Å². The Labute approximate surface area is 159 Å². The summed E-state index contributed by atoms with van der Waals surface area (Å²) in [5, 5.41) is 10.2. The summed E-state index contributed by atoms with van der Waals surface area (Å²) in [6.07, 6.45) is 3.85. The van der Waals surface area contributed by atoms with Crippen molar-refractivity contribution in [2.75, 3.05) is 31.0 Å². The van der Waals surface area contributed by atoms with Gasteiger partial charge in [-0.2, -0.15) is 15.0 Å². The highest BCUT2D eigenvalue weighted by atomic mass is 16.5. The van der Waals surface area contributed by atoms with Crippen molar-refractivity contribution < 1.29 is 14.8 Å². The second-order valence-electron chi connectivity index (χ2n) is 7.37. The molecule has 10 nitrogen and oxygen atoms in total. The standard InChI is InChI=1S/C17H29N7O3/c1-5-13-18-15(20-16(19-13)23(3)4)22-21-14(26)17(10-24(27)11-25)8-6-12(2)7-9-17/h11-12,27H,5-10H2,1-4H3,(H,21,26)(H,18,19,20,22)/t12-,17-. The van der Waals surface area contributed by atoms with Crippen LogP contribution in [-0.4, -0.2) is 58.2 Å². The summed E-state index contributed by atoms with van der Waals surface area (Å²) in [6, 6.07) is 0. The molecule has 150 valence electrons. The molecule has 27 heavy (non-hydrogen) atoms. The van der Waals surface area contributed by atoms with Crippen molar-refractivity contribution in [1.82, 2.24) is 25.4 Å². The largest absolute Gasteiger partial charge is 0.347 e. The Balaban J connectivity index is 2.13. The van der Waals surface area contributed by atoms with E-state index in [2.05, 4.69) is 32.7 Å². The van der Waals surface area contributed by atoms with E-state index < -0.39 is 5.41 Å². The van der Waals surface area contributed by atoms with E-state index in [1.165, 1.54) is 0 Å². The zero-order valence-corrected chi connectivity index (χ0v) is 16.4. The molecule has 0 atom stereocenters. The molecule has 10 heteroatoms. The third-order valence-electron chi connectivity index (χ3n) is 4.97. The minimum atomic E-state index is -0.847. The minimum Gasteiger partial charge on any atom is -0.347 e. The van der Waals surface area contributed by atoms with E-state index in [9.17, 15) is 14.8 Å². The lowest BCUT2D eigenvalue weighted by atomic mass is 9.70. The van der Waals surface area contributed by atoms with Crippen LogP contribution >= 0.6 is 0 Å². The van der Waals surface area contributed by atoms with Crippen molar-refractivity contribution in [1.29, 1.82) is 0 Å². The number of carbonyl (C=O) groups excluding carboxylic acids is 2. The Morgan fingerprint density at radius 2 is 1.96 bits per heavy atom. The number of hydrogen-bond donors (Lipinski definition) is 3. The van der Waals surface area contributed by atoms with Gasteiger partial charge >= 0.3 is 0 Å². The normalized spacial score (nSPS) is 22.0. The number of carbonyl (C=O) groups is 2. The molecule has 0 aliphatic heterocycles. The number of aromatic nitrogens is 3. The van der Waals surface area contributed by atoms with E-state index in [-0.39, 0.29) is 18.4 Å². The summed E-state index contributed by atoms with van der Waals surface area (Å²) in [4.78, 5) is 38.4. The Morgan fingerprint density at radius 1 is 1.30 bits per heavy atom. The second-order valence-corrected chi connectivity index (χ2v) is 7.37. The van der Waals surface area contributed by atoms with E-state index in [0.29, 0.717) is 48.4 Å². The van der Waals surface area contributed by atoms with E-state index in [0.717, 1.165) is 12.8 Å². The molecule has 1 aliphatic rings. The molecule has 1 saturated carbocycles. The third-order valence-corrected chi connectivity index (χ3v) is 4.97. The number of rotatable bonds is 8. The van der Waals surface area contributed by atoms with Crippen LogP contribution in [0.1, 0.15) is 45.4 Å². The molecule has 3 N–H and O–H groups in total. The number of nitrogens with zero attached hydrogens (tertiary/aromatic N) is 5. The van der Waals surface area contributed by atoms with Crippen LogP contribution < -0.4 is 15.8 Å². The highest BCUT2D eigenvalue weighted by Gasteiger charge is 2.42. The average molecular weight is 379 g/mol. The van der Waals surface area contributed by atoms with Gasteiger partial charge in [-0.25, -0.2) is 5.06 Å². The Morgan fingerprint density at radius 3 is 2.52 bits per heavy atom. The maximum atomic E-state index is 12.9. The lowest BCUT2D eigenvalue weighted by Gasteiger charge is -2.38. The van der Waals surface area contributed by atoms with Crippen LogP contribution in [0.3, 0.4) is 0 Å². The van der Waals surface area contributed by atoms with Crippen molar-refractivity contribution in [2.45, 2.75) is 46.0 Å². The van der Waals surface area contributed by atoms with Crippen molar-refractivity contribution in [3.05, 3.63) is 5.82 Å². The average Bonchev–Trinajstić information content (AvgIpc) is 2.67. The Kier molecular flexibility index (Phi) is 6.89. The van der Waals surface area contributed by atoms with Crippen LogP contribution in [0.15, 0.2) is 0 Å². The van der Waals surface area contributed by atoms with E-state index in [1.807, 2.05) is 21.0 Å². The Hall–Kier alpha value is -2.49. The SMILES string of the molecule is CCc1nc(NNC(=O)[C@]2(CN(O)C=O)CC[C@@H](C)CC2)nc(N(C)C)n1. The van der Waals surface area contributed by atoms with Crippen LogP contribution in [0.2, 0.25) is 0 Å². The monoisotopic (exact) mass is 379 g/mol. The number of hydrazine groups is 1. The summed E-state index contributed by atoms with van der Waals surface area (Å²) in [7, 11) is 3.65. The van der Waals surface area contributed by atoms with Gasteiger partial charge in [0, 0.05) is 20.5 Å². The van der Waals surface area contributed by atoms with Gasteiger partial charge in [-0.05, 0) is 31.6 Å². The number of amides is 2. The first kappa shape index (κ1) is 20.8. The van der Waals surface area contributed by atoms with Crippen LogP contribution in [0.25, 0.3) is 0 Å². The highest BCUT2D eigenvalue weighted by Crippen LogP contribution is 2.39. The molecule has 0 bridgehead atoms. The first-order valence-electron chi connectivity index (χ1n) is 9.19. The van der Waals surface area contributed by atoms with Crippen molar-refractivity contribution >= 4 is 24.2 Å². The lowest BCUT2D eigenvalue weighted by Crippen LogP contribution is -2.51. The molecule has 0 spiro atoms. The summed E-state index contributed by atoms with van der Waals surface area (Å²) in [5.74, 6) is 1.56. The van der Waals surface area contributed by atoms with Crippen molar-refractivity contribution in [2.24, 2.45) is 11.3 Å². The zero-order chi connectivity index (χ0) is 20.0. The van der Waals surface area contributed by atoms with Gasteiger partial charge < -0.3 is 4.90 Å². The summed E-state index contributed by atoms with van der Waals surface area (Å²) in [6.45, 7) is 4.03. The lowest BCUT2D eigenvalue weighted by molar-refractivity contribution is -0.163. The maximum absolute atomic E-state index is 12.9. The molecule has 1 aromatic heterocycles. The molecule has 2 rings (SSSR count). The number of hydrogen-bond acceptors (Lipinski definition) is 8. The number of hydroxylamine groups is 2. The molecule has 0 radical (unpaired) electrons. The predicted molar refractivity (Wildman–Crippen MR) is 99.9 cm³/mol. The van der Waals surface area contributed by atoms with E-state index in [4.69, 9.17) is 0 Å². The van der Waals surface area contributed by atoms with Crippen LogP contribution in [0.4, 0.5) is 11.9 Å². The summed E-state index contributed by atoms with van der Waals surface area (Å²) in [5.41, 5.74) is 4.57. The topological polar surface area (TPSA) is 124 Å². The first-order chi connectivity index (χ1) is 12.8. The molecule has 2 amide bonds. The van der Waals surface area contributed by atoms with Gasteiger partial charge in [0.05, 0.1) is 12.0 Å². The third kappa shape index (κ3) is 5.25. The van der Waals surface area contributed by atoms with Crippen molar-refractivity contribution in [3.63, 3.8) is 0 Å². The summed E-state index contributed by atoms with van der Waals surface area (Å²) >= 11 is 0. The highest BCUT2D eigenvalue weighted by molar-refractivity contribution is 5.84.